The van der Waals surface area contributed by atoms with E-state index in [4.69, 9.17) is 4.74 Å². The molecular weight excluding hydrogens is 252 g/mol. The summed E-state index contributed by atoms with van der Waals surface area (Å²) in [4.78, 5) is 25.2. The van der Waals surface area contributed by atoms with Gasteiger partial charge in [-0.05, 0) is 12.8 Å². The number of carbonyl (C=O) groups is 2. The maximum atomic E-state index is 12.2. The van der Waals surface area contributed by atoms with Gasteiger partial charge in [0.2, 0.25) is 0 Å². The number of nitrogens with one attached hydrogen (secondary N) is 1. The van der Waals surface area contributed by atoms with Crippen molar-refractivity contribution < 1.29 is 24.5 Å². The summed E-state index contributed by atoms with van der Waals surface area (Å²) in [7, 11) is 0. The molecule has 2 rings (SSSR count). The maximum absolute atomic E-state index is 12.2. The molecule has 1 unspecified atom stereocenters. The van der Waals surface area contributed by atoms with Crippen LogP contribution in [0.15, 0.2) is 0 Å². The van der Waals surface area contributed by atoms with Gasteiger partial charge in [0, 0.05) is 32.6 Å². The highest BCUT2D eigenvalue weighted by Gasteiger charge is 2.43. The molecule has 2 aliphatic heterocycles. The smallest absolute Gasteiger partial charge is 0.329 e. The SMILES string of the molecule is O=C(NC1(C(=O)O)CCOCC1)N1CCCC1CO. The van der Waals surface area contributed by atoms with Crippen molar-refractivity contribution in [2.24, 2.45) is 0 Å². The molecule has 0 saturated carbocycles. The number of likely N-dealkylation sites (tertiary alicyclic amines) is 1. The molecule has 0 bridgehead atoms. The molecule has 0 aromatic carbocycles. The number of rotatable bonds is 3. The summed E-state index contributed by atoms with van der Waals surface area (Å²) in [5.41, 5.74) is -1.24. The zero-order valence-corrected chi connectivity index (χ0v) is 10.8. The number of amides is 2. The summed E-state index contributed by atoms with van der Waals surface area (Å²) in [6.45, 7) is 1.13. The van der Waals surface area contributed by atoms with E-state index in [0.717, 1.165) is 12.8 Å². The number of carboxylic acid groups (broad SMARTS) is 1. The van der Waals surface area contributed by atoms with E-state index in [1.165, 1.54) is 4.90 Å². The topological polar surface area (TPSA) is 99.1 Å². The highest BCUT2D eigenvalue weighted by molar-refractivity contribution is 5.86. The van der Waals surface area contributed by atoms with Crippen molar-refractivity contribution in [2.75, 3.05) is 26.4 Å². The van der Waals surface area contributed by atoms with Gasteiger partial charge in [-0.25, -0.2) is 9.59 Å². The van der Waals surface area contributed by atoms with Crippen LogP contribution in [0.25, 0.3) is 0 Å². The van der Waals surface area contributed by atoms with Crippen molar-refractivity contribution in [1.82, 2.24) is 10.2 Å². The lowest BCUT2D eigenvalue weighted by Gasteiger charge is -2.36. The molecule has 2 amide bonds. The van der Waals surface area contributed by atoms with Gasteiger partial charge in [-0.1, -0.05) is 0 Å². The molecule has 0 spiro atoms. The van der Waals surface area contributed by atoms with Gasteiger partial charge in [-0.2, -0.15) is 0 Å². The first-order valence-electron chi connectivity index (χ1n) is 6.60. The van der Waals surface area contributed by atoms with E-state index in [1.807, 2.05) is 0 Å². The number of ether oxygens (including phenoxy) is 1. The van der Waals surface area contributed by atoms with Crippen molar-refractivity contribution in [3.63, 3.8) is 0 Å². The predicted octanol–water partition coefficient (Wildman–Crippen LogP) is -0.213. The zero-order valence-electron chi connectivity index (χ0n) is 10.8. The third kappa shape index (κ3) is 2.82. The summed E-state index contributed by atoms with van der Waals surface area (Å²) < 4.78 is 5.16. The molecule has 1 atom stereocenters. The number of nitrogens with zero attached hydrogens (tertiary/aromatic N) is 1. The minimum Gasteiger partial charge on any atom is -0.480 e. The van der Waals surface area contributed by atoms with Crippen LogP contribution in [0, 0.1) is 0 Å². The van der Waals surface area contributed by atoms with Crippen molar-refractivity contribution in [3.8, 4) is 0 Å². The molecule has 0 radical (unpaired) electrons. The number of carboxylic acids is 1. The molecule has 0 aliphatic carbocycles. The van der Waals surface area contributed by atoms with Gasteiger partial charge in [0.1, 0.15) is 5.54 Å². The molecule has 3 N–H and O–H groups in total. The van der Waals surface area contributed by atoms with E-state index in [2.05, 4.69) is 5.32 Å². The monoisotopic (exact) mass is 272 g/mol. The molecule has 2 aliphatic rings. The second kappa shape index (κ2) is 5.75. The van der Waals surface area contributed by atoms with E-state index in [-0.39, 0.29) is 25.5 Å². The number of hydrogen-bond donors (Lipinski definition) is 3. The Bertz CT molecular complexity index is 354. The fourth-order valence-electron chi connectivity index (χ4n) is 2.68. The van der Waals surface area contributed by atoms with Gasteiger partial charge in [0.05, 0.1) is 12.6 Å². The first-order chi connectivity index (χ1) is 9.09. The van der Waals surface area contributed by atoms with Gasteiger partial charge < -0.3 is 25.2 Å². The molecular formula is C12H20N2O5. The molecule has 2 fully saturated rings. The Hall–Kier alpha value is -1.34. The van der Waals surface area contributed by atoms with Crippen LogP contribution in [0.2, 0.25) is 0 Å². The number of carbonyl (C=O) groups excluding carboxylic acids is 1. The Morgan fingerprint density at radius 1 is 1.37 bits per heavy atom. The zero-order chi connectivity index (χ0) is 13.9. The third-order valence-electron chi connectivity index (χ3n) is 3.95. The van der Waals surface area contributed by atoms with E-state index in [9.17, 15) is 19.8 Å². The molecule has 108 valence electrons. The number of aliphatic carboxylic acids is 1. The fraction of sp³-hybridized carbons (Fsp3) is 0.833. The Labute approximate surface area is 111 Å². The lowest BCUT2D eigenvalue weighted by molar-refractivity contribution is -0.148. The Morgan fingerprint density at radius 3 is 2.63 bits per heavy atom. The standard InChI is InChI=1S/C12H20N2O5/c15-8-9-2-1-5-14(9)11(18)13-12(10(16)17)3-6-19-7-4-12/h9,15H,1-8H2,(H,13,18)(H,16,17). The van der Waals surface area contributed by atoms with Gasteiger partial charge >= 0.3 is 12.0 Å². The van der Waals surface area contributed by atoms with Crippen LogP contribution in [0.1, 0.15) is 25.7 Å². The van der Waals surface area contributed by atoms with Crippen molar-refractivity contribution in [3.05, 3.63) is 0 Å². The molecule has 0 aromatic rings. The first kappa shape index (κ1) is 14.1. The van der Waals surface area contributed by atoms with Crippen molar-refractivity contribution >= 4 is 12.0 Å². The van der Waals surface area contributed by atoms with Gasteiger partial charge in [0.15, 0.2) is 0 Å². The third-order valence-corrected chi connectivity index (χ3v) is 3.95. The molecule has 0 aromatic heterocycles. The van der Waals surface area contributed by atoms with Crippen LogP contribution in [0.5, 0.6) is 0 Å². The second-order valence-electron chi connectivity index (χ2n) is 5.10. The number of hydrogen-bond acceptors (Lipinski definition) is 4. The van der Waals surface area contributed by atoms with E-state index >= 15 is 0 Å². The number of aliphatic hydroxyl groups is 1. The summed E-state index contributed by atoms with van der Waals surface area (Å²) in [5.74, 6) is -1.02. The van der Waals surface area contributed by atoms with Crippen molar-refractivity contribution in [1.29, 1.82) is 0 Å². The summed E-state index contributed by atoms with van der Waals surface area (Å²) in [5, 5.41) is 21.2. The van der Waals surface area contributed by atoms with Gasteiger partial charge in [0.25, 0.3) is 0 Å². The number of urea groups is 1. The average Bonchev–Trinajstić information content (AvgIpc) is 2.88. The van der Waals surface area contributed by atoms with Crippen LogP contribution in [0.3, 0.4) is 0 Å². The van der Waals surface area contributed by atoms with E-state index < -0.39 is 17.5 Å². The van der Waals surface area contributed by atoms with E-state index in [1.54, 1.807) is 0 Å². The largest absolute Gasteiger partial charge is 0.480 e. The normalized spacial score (nSPS) is 26.2. The lowest BCUT2D eigenvalue weighted by Crippen LogP contribution is -2.60. The highest BCUT2D eigenvalue weighted by atomic mass is 16.5. The predicted molar refractivity (Wildman–Crippen MR) is 65.8 cm³/mol. The molecule has 7 heteroatoms. The highest BCUT2D eigenvalue weighted by Crippen LogP contribution is 2.23. The average molecular weight is 272 g/mol. The molecule has 7 nitrogen and oxygen atoms in total. The Balaban J connectivity index is 2.04. The first-order valence-corrected chi connectivity index (χ1v) is 6.60. The molecule has 19 heavy (non-hydrogen) atoms. The van der Waals surface area contributed by atoms with Gasteiger partial charge in [-0.15, -0.1) is 0 Å². The molecule has 2 saturated heterocycles. The summed E-state index contributed by atoms with van der Waals surface area (Å²) in [6, 6.07) is -0.605. The molecule has 2 heterocycles. The lowest BCUT2D eigenvalue weighted by atomic mass is 9.90. The summed E-state index contributed by atoms with van der Waals surface area (Å²) >= 11 is 0. The van der Waals surface area contributed by atoms with Crippen LogP contribution < -0.4 is 5.32 Å². The van der Waals surface area contributed by atoms with Gasteiger partial charge in [-0.3, -0.25) is 0 Å². The fourth-order valence-corrected chi connectivity index (χ4v) is 2.68. The Morgan fingerprint density at radius 2 is 2.05 bits per heavy atom. The second-order valence-corrected chi connectivity index (χ2v) is 5.10. The minimum atomic E-state index is -1.24. The minimum absolute atomic E-state index is 0.0867. The van der Waals surface area contributed by atoms with Crippen LogP contribution in [-0.2, 0) is 9.53 Å². The van der Waals surface area contributed by atoms with E-state index in [0.29, 0.717) is 19.8 Å². The van der Waals surface area contributed by atoms with Crippen LogP contribution in [-0.4, -0.2) is 65.1 Å². The van der Waals surface area contributed by atoms with Crippen molar-refractivity contribution in [2.45, 2.75) is 37.3 Å². The quantitative estimate of drug-likeness (QED) is 0.660. The maximum Gasteiger partial charge on any atom is 0.329 e. The summed E-state index contributed by atoms with van der Waals surface area (Å²) in [6.07, 6.45) is 2.13. The van der Waals surface area contributed by atoms with Crippen LogP contribution in [0.4, 0.5) is 4.79 Å². The Kier molecular flexibility index (Phi) is 4.26. The number of aliphatic hydroxyl groups excluding tert-OH is 1. The van der Waals surface area contributed by atoms with Crippen LogP contribution >= 0.6 is 0 Å².